The van der Waals surface area contributed by atoms with E-state index in [4.69, 9.17) is 0 Å². The molecule has 0 unspecified atom stereocenters. The zero-order valence-corrected chi connectivity index (χ0v) is 14.7. The van der Waals surface area contributed by atoms with Crippen molar-refractivity contribution in [2.45, 2.75) is 79.8 Å². The van der Waals surface area contributed by atoms with Crippen LogP contribution >= 0.6 is 0 Å². The number of likely N-dealkylation sites (N-methyl/N-ethyl adjacent to an activating group) is 1. The summed E-state index contributed by atoms with van der Waals surface area (Å²) in [5.74, 6) is -0.974. The predicted octanol–water partition coefficient (Wildman–Crippen LogP) is 2.96. The maximum atomic E-state index is 12.3. The summed E-state index contributed by atoms with van der Waals surface area (Å²) >= 11 is 0. The van der Waals surface area contributed by atoms with Crippen molar-refractivity contribution in [2.24, 2.45) is 5.41 Å². The predicted molar refractivity (Wildman–Crippen MR) is 83.4 cm³/mol. The quantitative estimate of drug-likeness (QED) is 0.810. The average molecular weight is 284 g/mol. The van der Waals surface area contributed by atoms with Crippen LogP contribution in [0.3, 0.4) is 0 Å². The van der Waals surface area contributed by atoms with Crippen molar-refractivity contribution in [3.05, 3.63) is 0 Å². The van der Waals surface area contributed by atoms with Crippen LogP contribution in [0, 0.1) is 5.41 Å². The van der Waals surface area contributed by atoms with Gasteiger partial charge in [-0.2, -0.15) is 0 Å². The van der Waals surface area contributed by atoms with Crippen LogP contribution in [-0.2, 0) is 9.59 Å². The fourth-order valence-corrected chi connectivity index (χ4v) is 2.78. The second-order valence-electron chi connectivity index (χ2n) is 8.30. The molecule has 0 aromatic carbocycles. The summed E-state index contributed by atoms with van der Waals surface area (Å²) in [7, 11) is 0. The smallest absolute Gasteiger partial charge is 0.312 e. The SMILES string of the molecule is CCN(C(=O)C(=O)NC(C)(C)CC(C)(C)C)C(C)(C)C. The molecule has 2 amide bonds. The van der Waals surface area contributed by atoms with Gasteiger partial charge in [-0.15, -0.1) is 0 Å². The monoisotopic (exact) mass is 284 g/mol. The molecule has 0 aromatic heterocycles. The van der Waals surface area contributed by atoms with Crippen LogP contribution < -0.4 is 5.32 Å². The van der Waals surface area contributed by atoms with E-state index in [1.54, 1.807) is 4.90 Å². The lowest BCUT2D eigenvalue weighted by Gasteiger charge is -2.37. The molecule has 20 heavy (non-hydrogen) atoms. The van der Waals surface area contributed by atoms with E-state index in [0.29, 0.717) is 6.54 Å². The first-order chi connectivity index (χ1) is 8.69. The van der Waals surface area contributed by atoms with Crippen LogP contribution in [0.15, 0.2) is 0 Å². The van der Waals surface area contributed by atoms with E-state index in [9.17, 15) is 9.59 Å². The van der Waals surface area contributed by atoms with Gasteiger partial charge in [0.1, 0.15) is 0 Å². The number of rotatable bonds is 3. The third kappa shape index (κ3) is 6.40. The first kappa shape index (κ1) is 18.9. The molecule has 4 nitrogen and oxygen atoms in total. The number of carbonyl (C=O) groups is 2. The van der Waals surface area contributed by atoms with Crippen LogP contribution in [0.2, 0.25) is 0 Å². The van der Waals surface area contributed by atoms with E-state index in [2.05, 4.69) is 26.1 Å². The Bertz CT molecular complexity index is 360. The molecule has 0 aliphatic rings. The molecule has 0 saturated heterocycles. The number of hydrogen-bond acceptors (Lipinski definition) is 2. The van der Waals surface area contributed by atoms with E-state index in [0.717, 1.165) is 6.42 Å². The summed E-state index contributed by atoms with van der Waals surface area (Å²) in [5.41, 5.74) is -0.659. The molecule has 0 atom stereocenters. The second kappa shape index (κ2) is 6.15. The summed E-state index contributed by atoms with van der Waals surface area (Å²) in [5, 5.41) is 2.87. The van der Waals surface area contributed by atoms with E-state index >= 15 is 0 Å². The van der Waals surface area contributed by atoms with Crippen molar-refractivity contribution >= 4 is 11.8 Å². The molecule has 0 spiro atoms. The van der Waals surface area contributed by atoms with Crippen molar-refractivity contribution in [3.8, 4) is 0 Å². The summed E-state index contributed by atoms with van der Waals surface area (Å²) < 4.78 is 0. The van der Waals surface area contributed by atoms with Crippen LogP contribution in [0.1, 0.15) is 68.7 Å². The molecule has 4 heteroatoms. The van der Waals surface area contributed by atoms with Crippen LogP contribution in [0.4, 0.5) is 0 Å². The number of amides is 2. The van der Waals surface area contributed by atoms with Crippen molar-refractivity contribution in [1.29, 1.82) is 0 Å². The Morgan fingerprint density at radius 2 is 1.40 bits per heavy atom. The maximum Gasteiger partial charge on any atom is 0.312 e. The minimum Gasteiger partial charge on any atom is -0.343 e. The average Bonchev–Trinajstić information content (AvgIpc) is 2.10. The molecule has 0 radical (unpaired) electrons. The van der Waals surface area contributed by atoms with Gasteiger partial charge in [-0.1, -0.05) is 20.8 Å². The molecule has 0 heterocycles. The molecule has 0 saturated carbocycles. The number of carbonyl (C=O) groups excluding carboxylic acids is 2. The maximum absolute atomic E-state index is 12.3. The Hall–Kier alpha value is -1.06. The highest BCUT2D eigenvalue weighted by atomic mass is 16.2. The lowest BCUT2D eigenvalue weighted by Crippen LogP contribution is -2.55. The van der Waals surface area contributed by atoms with Crippen molar-refractivity contribution in [2.75, 3.05) is 6.54 Å². The second-order valence-corrected chi connectivity index (χ2v) is 8.30. The van der Waals surface area contributed by atoms with Gasteiger partial charge in [0, 0.05) is 17.6 Å². The number of hydrogen-bond donors (Lipinski definition) is 1. The molecule has 0 bridgehead atoms. The first-order valence-electron chi connectivity index (χ1n) is 7.34. The Balaban J connectivity index is 4.89. The summed E-state index contributed by atoms with van der Waals surface area (Å²) in [6.45, 7) is 18.5. The lowest BCUT2D eigenvalue weighted by atomic mass is 9.82. The van der Waals surface area contributed by atoms with E-state index in [1.807, 2.05) is 41.5 Å². The molecule has 0 fully saturated rings. The highest BCUT2D eigenvalue weighted by Crippen LogP contribution is 2.26. The normalized spacial score (nSPS) is 13.1. The van der Waals surface area contributed by atoms with Gasteiger partial charge >= 0.3 is 11.8 Å². The van der Waals surface area contributed by atoms with Gasteiger partial charge in [-0.25, -0.2) is 0 Å². The zero-order valence-electron chi connectivity index (χ0n) is 14.7. The van der Waals surface area contributed by atoms with Crippen molar-refractivity contribution in [3.63, 3.8) is 0 Å². The van der Waals surface area contributed by atoms with Crippen molar-refractivity contribution < 1.29 is 9.59 Å². The van der Waals surface area contributed by atoms with E-state index in [1.165, 1.54) is 0 Å². The zero-order chi connectivity index (χ0) is 16.4. The van der Waals surface area contributed by atoms with Crippen molar-refractivity contribution in [1.82, 2.24) is 10.2 Å². The fourth-order valence-electron chi connectivity index (χ4n) is 2.78. The minimum absolute atomic E-state index is 0.0916. The highest BCUT2D eigenvalue weighted by Gasteiger charge is 2.33. The largest absolute Gasteiger partial charge is 0.343 e. The Morgan fingerprint density at radius 3 is 1.70 bits per heavy atom. The summed E-state index contributed by atoms with van der Waals surface area (Å²) in [6, 6.07) is 0. The van der Waals surface area contributed by atoms with E-state index < -0.39 is 17.4 Å². The van der Waals surface area contributed by atoms with Gasteiger partial charge in [0.05, 0.1) is 0 Å². The third-order valence-corrected chi connectivity index (χ3v) is 2.99. The molecule has 0 aromatic rings. The summed E-state index contributed by atoms with van der Waals surface area (Å²) in [6.07, 6.45) is 0.806. The van der Waals surface area contributed by atoms with Gasteiger partial charge in [0.25, 0.3) is 0 Å². The standard InChI is InChI=1S/C16H32N2O2/c1-10-18(15(5,6)7)13(20)12(19)17-16(8,9)11-14(2,3)4/h10-11H2,1-9H3,(H,17,19). The van der Waals surface area contributed by atoms with Crippen LogP contribution in [0.5, 0.6) is 0 Å². The first-order valence-corrected chi connectivity index (χ1v) is 7.34. The molecular weight excluding hydrogens is 252 g/mol. The number of nitrogens with one attached hydrogen (secondary N) is 1. The van der Waals surface area contributed by atoms with Gasteiger partial charge in [-0.3, -0.25) is 9.59 Å². The molecule has 0 aliphatic carbocycles. The fraction of sp³-hybridized carbons (Fsp3) is 0.875. The molecule has 0 aliphatic heterocycles. The highest BCUT2D eigenvalue weighted by molar-refractivity contribution is 6.35. The number of nitrogens with zero attached hydrogens (tertiary/aromatic N) is 1. The van der Waals surface area contributed by atoms with Gasteiger partial charge in [0.2, 0.25) is 0 Å². The van der Waals surface area contributed by atoms with Gasteiger partial charge < -0.3 is 10.2 Å². The molecule has 118 valence electrons. The third-order valence-electron chi connectivity index (χ3n) is 2.99. The lowest BCUT2D eigenvalue weighted by molar-refractivity contribution is -0.150. The molecule has 0 rings (SSSR count). The van der Waals surface area contributed by atoms with Crippen LogP contribution in [-0.4, -0.2) is 34.3 Å². The molecule has 1 N–H and O–H groups in total. The topological polar surface area (TPSA) is 49.4 Å². The minimum atomic E-state index is -0.518. The Morgan fingerprint density at radius 1 is 0.950 bits per heavy atom. The van der Waals surface area contributed by atoms with Gasteiger partial charge in [0.15, 0.2) is 0 Å². The van der Waals surface area contributed by atoms with E-state index in [-0.39, 0.29) is 11.0 Å². The Labute approximate surface area is 124 Å². The van der Waals surface area contributed by atoms with Crippen LogP contribution in [0.25, 0.3) is 0 Å². The summed E-state index contributed by atoms with van der Waals surface area (Å²) in [4.78, 5) is 26.1. The Kier molecular flexibility index (Phi) is 5.82. The molecular formula is C16H32N2O2. The van der Waals surface area contributed by atoms with Gasteiger partial charge in [-0.05, 0) is 53.4 Å².